The molecule has 0 unspecified atom stereocenters. The van der Waals surface area contributed by atoms with Gasteiger partial charge in [-0.05, 0) is 48.9 Å². The lowest BCUT2D eigenvalue weighted by Crippen LogP contribution is -2.24. The number of fused-ring (bicyclic) bond motifs is 1. The lowest BCUT2D eigenvalue weighted by molar-refractivity contribution is 0.585. The van der Waals surface area contributed by atoms with Crippen LogP contribution in [-0.2, 0) is 22.9 Å². The van der Waals surface area contributed by atoms with Crippen molar-refractivity contribution in [3.63, 3.8) is 0 Å². The molecule has 1 aliphatic carbocycles. The summed E-state index contributed by atoms with van der Waals surface area (Å²) < 4.78 is 26.8. The van der Waals surface area contributed by atoms with E-state index in [2.05, 4.69) is 4.72 Å². The van der Waals surface area contributed by atoms with Gasteiger partial charge in [0.1, 0.15) is 0 Å². The molecule has 0 amide bonds. The topological polar surface area (TPSA) is 72.2 Å². The van der Waals surface area contributed by atoms with E-state index in [1.54, 1.807) is 18.2 Å². The maximum atomic E-state index is 12.1. The lowest BCUT2D eigenvalue weighted by Gasteiger charge is -2.16. The molecule has 1 aromatic rings. The third kappa shape index (κ3) is 3.65. The molecule has 0 saturated carbocycles. The van der Waals surface area contributed by atoms with E-state index in [0.29, 0.717) is 11.4 Å². The summed E-state index contributed by atoms with van der Waals surface area (Å²) in [6.07, 6.45) is 7.82. The second kappa shape index (κ2) is 6.32. The first-order valence-electron chi connectivity index (χ1n) is 6.60. The van der Waals surface area contributed by atoms with E-state index in [1.165, 1.54) is 17.5 Å². The van der Waals surface area contributed by atoms with E-state index in [1.807, 2.05) is 12.1 Å². The fourth-order valence-corrected chi connectivity index (χ4v) is 3.32. The zero-order valence-electron chi connectivity index (χ0n) is 10.9. The molecule has 0 radical (unpaired) electrons. The average Bonchev–Trinajstić information content (AvgIpc) is 2.43. The molecule has 3 N–H and O–H groups in total. The van der Waals surface area contributed by atoms with Crippen LogP contribution in [0.15, 0.2) is 35.2 Å². The van der Waals surface area contributed by atoms with Crippen molar-refractivity contribution in [2.24, 2.45) is 5.73 Å². The van der Waals surface area contributed by atoms with Gasteiger partial charge in [0.25, 0.3) is 0 Å². The molecule has 0 aliphatic heterocycles. The molecule has 0 saturated heterocycles. The minimum absolute atomic E-state index is 0.274. The second-order valence-electron chi connectivity index (χ2n) is 4.70. The van der Waals surface area contributed by atoms with Gasteiger partial charge in [0, 0.05) is 13.1 Å². The Balaban J connectivity index is 2.14. The highest BCUT2D eigenvalue weighted by Crippen LogP contribution is 2.23. The van der Waals surface area contributed by atoms with E-state index in [0.717, 1.165) is 19.3 Å². The molecule has 1 aromatic carbocycles. The lowest BCUT2D eigenvalue weighted by atomic mass is 9.92. The van der Waals surface area contributed by atoms with Crippen LogP contribution in [0.5, 0.6) is 0 Å². The second-order valence-corrected chi connectivity index (χ2v) is 6.46. The molecule has 0 fully saturated rings. The summed E-state index contributed by atoms with van der Waals surface area (Å²) in [6, 6.07) is 5.45. The maximum absolute atomic E-state index is 12.1. The van der Waals surface area contributed by atoms with Gasteiger partial charge in [-0.15, -0.1) is 0 Å². The predicted octanol–water partition coefficient (Wildman–Crippen LogP) is 1.36. The summed E-state index contributed by atoms with van der Waals surface area (Å²) in [4.78, 5) is 0.356. The van der Waals surface area contributed by atoms with Gasteiger partial charge in [0.15, 0.2) is 0 Å². The van der Waals surface area contributed by atoms with Crippen molar-refractivity contribution in [1.82, 2.24) is 4.72 Å². The van der Waals surface area contributed by atoms with Crippen LogP contribution in [0, 0.1) is 0 Å². The van der Waals surface area contributed by atoms with Crippen LogP contribution in [0.3, 0.4) is 0 Å². The van der Waals surface area contributed by atoms with Gasteiger partial charge >= 0.3 is 0 Å². The van der Waals surface area contributed by atoms with Gasteiger partial charge in [-0.2, -0.15) is 0 Å². The van der Waals surface area contributed by atoms with Crippen LogP contribution >= 0.6 is 0 Å². The molecule has 0 heterocycles. The molecule has 0 spiro atoms. The molecule has 0 bridgehead atoms. The number of nitrogens with two attached hydrogens (primary N) is 1. The summed E-state index contributed by atoms with van der Waals surface area (Å²) in [5, 5.41) is 0. The molecule has 1 aliphatic rings. The summed E-state index contributed by atoms with van der Waals surface area (Å²) in [5.41, 5.74) is 7.76. The molecule has 2 rings (SSSR count). The maximum Gasteiger partial charge on any atom is 0.240 e. The molecule has 5 heteroatoms. The first-order valence-corrected chi connectivity index (χ1v) is 8.08. The molecular formula is C14H20N2O2S. The van der Waals surface area contributed by atoms with E-state index < -0.39 is 10.0 Å². The van der Waals surface area contributed by atoms with Gasteiger partial charge in [-0.3, -0.25) is 0 Å². The van der Waals surface area contributed by atoms with Crippen LogP contribution in [0.2, 0.25) is 0 Å². The van der Waals surface area contributed by atoms with Crippen molar-refractivity contribution in [3.8, 4) is 0 Å². The molecule has 19 heavy (non-hydrogen) atoms. The smallest absolute Gasteiger partial charge is 0.240 e. The highest BCUT2D eigenvalue weighted by Gasteiger charge is 2.16. The van der Waals surface area contributed by atoms with Crippen LogP contribution in [0.1, 0.15) is 24.0 Å². The molecular weight excluding hydrogens is 260 g/mol. The van der Waals surface area contributed by atoms with Crippen molar-refractivity contribution in [2.75, 3.05) is 13.1 Å². The molecule has 4 nitrogen and oxygen atoms in total. The summed E-state index contributed by atoms with van der Waals surface area (Å²) >= 11 is 0. The Labute approximate surface area is 114 Å². The fraction of sp³-hybridized carbons (Fsp3) is 0.429. The summed E-state index contributed by atoms with van der Waals surface area (Å²) in [6.45, 7) is 0.692. The van der Waals surface area contributed by atoms with Gasteiger partial charge in [-0.25, -0.2) is 13.1 Å². The SMILES string of the molecule is NC/C=C/CNS(=O)(=O)c1ccc2c(c1)CCCC2. The van der Waals surface area contributed by atoms with Crippen molar-refractivity contribution >= 4 is 10.0 Å². The minimum atomic E-state index is -3.42. The number of aryl methyl sites for hydroxylation is 2. The Bertz CT molecular complexity index is 565. The van der Waals surface area contributed by atoms with Crippen molar-refractivity contribution in [3.05, 3.63) is 41.5 Å². The van der Waals surface area contributed by atoms with E-state index in [4.69, 9.17) is 5.73 Å². The van der Waals surface area contributed by atoms with Crippen LogP contribution in [-0.4, -0.2) is 21.5 Å². The number of nitrogens with one attached hydrogen (secondary N) is 1. The Morgan fingerprint density at radius 1 is 1.16 bits per heavy atom. The van der Waals surface area contributed by atoms with E-state index >= 15 is 0 Å². The average molecular weight is 280 g/mol. The highest BCUT2D eigenvalue weighted by molar-refractivity contribution is 7.89. The quantitative estimate of drug-likeness (QED) is 0.800. The first-order chi connectivity index (χ1) is 9.13. The van der Waals surface area contributed by atoms with Crippen LogP contribution in [0.4, 0.5) is 0 Å². The monoisotopic (exact) mass is 280 g/mol. The Kier molecular flexibility index (Phi) is 4.74. The molecule has 104 valence electrons. The van der Waals surface area contributed by atoms with Crippen molar-refractivity contribution < 1.29 is 8.42 Å². The number of hydrogen-bond acceptors (Lipinski definition) is 3. The summed E-state index contributed by atoms with van der Waals surface area (Å²) in [7, 11) is -3.42. The van der Waals surface area contributed by atoms with Gasteiger partial charge in [0.05, 0.1) is 4.90 Å². The number of benzene rings is 1. The third-order valence-electron chi connectivity index (χ3n) is 3.32. The normalized spacial score (nSPS) is 15.6. The fourth-order valence-electron chi connectivity index (χ4n) is 2.30. The largest absolute Gasteiger partial charge is 0.327 e. The Morgan fingerprint density at radius 2 is 1.89 bits per heavy atom. The van der Waals surface area contributed by atoms with Gasteiger partial charge in [0.2, 0.25) is 10.0 Å². The van der Waals surface area contributed by atoms with Crippen LogP contribution < -0.4 is 10.5 Å². The third-order valence-corrected chi connectivity index (χ3v) is 4.75. The van der Waals surface area contributed by atoms with Crippen LogP contribution in [0.25, 0.3) is 0 Å². The zero-order valence-corrected chi connectivity index (χ0v) is 11.7. The highest BCUT2D eigenvalue weighted by atomic mass is 32.2. The Hall–Kier alpha value is -1.17. The van der Waals surface area contributed by atoms with E-state index in [9.17, 15) is 8.42 Å². The molecule has 0 atom stereocenters. The van der Waals surface area contributed by atoms with Crippen molar-refractivity contribution in [2.45, 2.75) is 30.6 Å². The number of sulfonamides is 1. The van der Waals surface area contributed by atoms with Gasteiger partial charge < -0.3 is 5.73 Å². The van der Waals surface area contributed by atoms with E-state index in [-0.39, 0.29) is 6.54 Å². The predicted molar refractivity (Wildman–Crippen MR) is 76.5 cm³/mol. The van der Waals surface area contributed by atoms with Crippen molar-refractivity contribution in [1.29, 1.82) is 0 Å². The number of rotatable bonds is 5. The first kappa shape index (κ1) is 14.2. The standard InChI is InChI=1S/C14H20N2O2S/c15-9-3-4-10-16-19(17,18)14-8-7-12-5-1-2-6-13(12)11-14/h3-4,7-8,11,16H,1-2,5-6,9-10,15H2/b4-3+. The summed E-state index contributed by atoms with van der Waals surface area (Å²) in [5.74, 6) is 0. The zero-order chi connectivity index (χ0) is 13.7. The minimum Gasteiger partial charge on any atom is -0.327 e. The Morgan fingerprint density at radius 3 is 2.63 bits per heavy atom. The van der Waals surface area contributed by atoms with Gasteiger partial charge in [-0.1, -0.05) is 18.2 Å². The molecule has 0 aromatic heterocycles. The number of hydrogen-bond donors (Lipinski definition) is 2.